The van der Waals surface area contributed by atoms with Crippen LogP contribution in [0.2, 0.25) is 0 Å². The second-order valence-corrected chi connectivity index (χ2v) is 8.44. The lowest BCUT2D eigenvalue weighted by Gasteiger charge is -2.37. The highest BCUT2D eigenvalue weighted by Gasteiger charge is 2.33. The van der Waals surface area contributed by atoms with Crippen LogP contribution in [0.1, 0.15) is 13.8 Å². The number of quaternary nitrogens is 1. The summed E-state index contributed by atoms with van der Waals surface area (Å²) in [5.74, 6) is 0. The smallest absolute Gasteiger partial charge is 0.241 e. The monoisotopic (exact) mass is 377 g/mol. The molecule has 0 saturated carbocycles. The molecule has 1 saturated heterocycles. The molecule has 0 bridgehead atoms. The first kappa shape index (κ1) is 16.9. The maximum atomic E-state index is 12.4. The Morgan fingerprint density at radius 3 is 2.52 bits per heavy atom. The summed E-state index contributed by atoms with van der Waals surface area (Å²) in [6.45, 7) is 7.83. The van der Waals surface area contributed by atoms with Gasteiger partial charge in [-0.25, -0.2) is 13.1 Å². The number of sulfonamides is 1. The normalized spacial score (nSPS) is 17.9. The van der Waals surface area contributed by atoms with Crippen LogP contribution < -0.4 is 9.62 Å². The molecule has 0 aliphatic carbocycles. The third kappa shape index (κ3) is 4.26. The predicted molar refractivity (Wildman–Crippen MR) is 84.9 cm³/mol. The molecule has 21 heavy (non-hydrogen) atoms. The zero-order valence-electron chi connectivity index (χ0n) is 12.4. The number of nitrogens with one attached hydrogen (secondary N) is 2. The third-order valence-electron chi connectivity index (χ3n) is 3.88. The van der Waals surface area contributed by atoms with Crippen molar-refractivity contribution < 1.29 is 18.1 Å². The Balaban J connectivity index is 2.06. The first-order valence-corrected chi connectivity index (χ1v) is 9.28. The molecule has 1 heterocycles. The molecule has 2 rings (SSSR count). The number of hydrogen-bond acceptors (Lipinski definition) is 3. The summed E-state index contributed by atoms with van der Waals surface area (Å²) in [7, 11) is -3.50. The Bertz CT molecular complexity index is 584. The van der Waals surface area contributed by atoms with Gasteiger partial charge in [0.05, 0.1) is 24.7 Å². The van der Waals surface area contributed by atoms with Gasteiger partial charge < -0.3 is 9.64 Å². The second kappa shape index (κ2) is 6.75. The van der Waals surface area contributed by atoms with Gasteiger partial charge in [-0.15, -0.1) is 0 Å². The maximum Gasteiger partial charge on any atom is 0.241 e. The lowest BCUT2D eigenvalue weighted by molar-refractivity contribution is -0.954. The fourth-order valence-electron chi connectivity index (χ4n) is 2.44. The molecule has 0 unspecified atom stereocenters. The molecule has 1 aromatic carbocycles. The first-order chi connectivity index (χ1) is 9.83. The van der Waals surface area contributed by atoms with Gasteiger partial charge in [-0.05, 0) is 41.9 Å². The van der Waals surface area contributed by atoms with E-state index in [2.05, 4.69) is 34.5 Å². The molecular weight excluding hydrogens is 356 g/mol. The van der Waals surface area contributed by atoms with Crippen LogP contribution in [-0.4, -0.2) is 46.8 Å². The van der Waals surface area contributed by atoms with Crippen molar-refractivity contribution in [1.82, 2.24) is 4.72 Å². The summed E-state index contributed by atoms with van der Waals surface area (Å²) < 4.78 is 33.5. The minimum Gasteiger partial charge on any atom is -0.370 e. The highest BCUT2D eigenvalue weighted by molar-refractivity contribution is 9.10. The average molecular weight is 378 g/mol. The molecule has 0 atom stereocenters. The van der Waals surface area contributed by atoms with E-state index < -0.39 is 10.0 Å². The summed E-state index contributed by atoms with van der Waals surface area (Å²) >= 11 is 3.29. The Labute approximate surface area is 134 Å². The van der Waals surface area contributed by atoms with E-state index in [0.717, 1.165) is 26.3 Å². The molecule has 0 aromatic heterocycles. The number of halogens is 1. The molecule has 0 spiro atoms. The topological polar surface area (TPSA) is 59.8 Å². The van der Waals surface area contributed by atoms with Crippen LogP contribution in [0.4, 0.5) is 0 Å². The highest BCUT2D eigenvalue weighted by Crippen LogP contribution is 2.20. The fraction of sp³-hybridized carbons (Fsp3) is 0.571. The van der Waals surface area contributed by atoms with Crippen molar-refractivity contribution in [3.05, 3.63) is 28.7 Å². The summed E-state index contributed by atoms with van der Waals surface area (Å²) in [6, 6.07) is 6.84. The van der Waals surface area contributed by atoms with Crippen molar-refractivity contribution in [2.45, 2.75) is 24.3 Å². The van der Waals surface area contributed by atoms with Crippen LogP contribution in [0.3, 0.4) is 0 Å². The van der Waals surface area contributed by atoms with Gasteiger partial charge in [0.2, 0.25) is 10.0 Å². The van der Waals surface area contributed by atoms with Crippen LogP contribution >= 0.6 is 15.9 Å². The van der Waals surface area contributed by atoms with Crippen molar-refractivity contribution in [2.24, 2.45) is 0 Å². The lowest BCUT2D eigenvalue weighted by Crippen LogP contribution is -3.22. The number of morpholine rings is 1. The SMILES string of the molecule is CC(C)(CNS(=O)(=O)c1ccccc1Br)[NH+]1CCOCC1. The molecule has 1 aliphatic rings. The van der Waals surface area contributed by atoms with Crippen molar-refractivity contribution >= 4 is 26.0 Å². The predicted octanol–water partition coefficient (Wildman–Crippen LogP) is 0.421. The van der Waals surface area contributed by atoms with Crippen LogP contribution in [-0.2, 0) is 14.8 Å². The highest BCUT2D eigenvalue weighted by atomic mass is 79.9. The molecule has 0 radical (unpaired) electrons. The number of benzene rings is 1. The van der Waals surface area contributed by atoms with Gasteiger partial charge in [0.15, 0.2) is 0 Å². The van der Waals surface area contributed by atoms with Gasteiger partial charge in [0, 0.05) is 4.47 Å². The van der Waals surface area contributed by atoms with Gasteiger partial charge in [-0.2, -0.15) is 0 Å². The minimum atomic E-state index is -3.50. The Hall–Kier alpha value is -0.470. The summed E-state index contributed by atoms with van der Waals surface area (Å²) in [5.41, 5.74) is -0.169. The number of hydrogen-bond donors (Lipinski definition) is 2. The quantitative estimate of drug-likeness (QED) is 0.781. The second-order valence-electron chi connectivity index (χ2n) is 5.85. The van der Waals surface area contributed by atoms with E-state index in [1.165, 1.54) is 4.90 Å². The van der Waals surface area contributed by atoms with E-state index in [0.29, 0.717) is 11.0 Å². The van der Waals surface area contributed by atoms with Crippen molar-refractivity contribution in [2.75, 3.05) is 32.8 Å². The first-order valence-electron chi connectivity index (χ1n) is 7.00. The van der Waals surface area contributed by atoms with E-state index in [1.54, 1.807) is 24.3 Å². The Kier molecular flexibility index (Phi) is 5.43. The zero-order valence-corrected chi connectivity index (χ0v) is 14.8. The Morgan fingerprint density at radius 1 is 1.29 bits per heavy atom. The molecule has 0 amide bonds. The van der Waals surface area contributed by atoms with E-state index in [4.69, 9.17) is 4.74 Å². The summed E-state index contributed by atoms with van der Waals surface area (Å²) in [6.07, 6.45) is 0. The molecule has 1 aliphatic heterocycles. The van der Waals surface area contributed by atoms with Crippen LogP contribution in [0.25, 0.3) is 0 Å². The number of rotatable bonds is 5. The molecule has 5 nitrogen and oxygen atoms in total. The van der Waals surface area contributed by atoms with Crippen molar-refractivity contribution in [1.29, 1.82) is 0 Å². The van der Waals surface area contributed by atoms with Gasteiger partial charge in [-0.3, -0.25) is 0 Å². The van der Waals surface area contributed by atoms with E-state index in [9.17, 15) is 8.42 Å². The minimum absolute atomic E-state index is 0.169. The van der Waals surface area contributed by atoms with Crippen molar-refractivity contribution in [3.63, 3.8) is 0 Å². The van der Waals surface area contributed by atoms with Crippen LogP contribution in [0.15, 0.2) is 33.6 Å². The maximum absolute atomic E-state index is 12.4. The standard InChI is InChI=1S/C14H21BrN2O3S/c1-14(2,17-7-9-20-10-8-17)11-16-21(18,19)13-6-4-3-5-12(13)15/h3-6,16H,7-11H2,1-2H3/p+1. The van der Waals surface area contributed by atoms with Gasteiger partial charge in [-0.1, -0.05) is 12.1 Å². The summed E-state index contributed by atoms with van der Waals surface area (Å²) in [4.78, 5) is 1.64. The number of ether oxygens (including phenoxy) is 1. The van der Waals surface area contributed by atoms with Crippen LogP contribution in [0.5, 0.6) is 0 Å². The molecular formula is C14H22BrN2O3S+. The van der Waals surface area contributed by atoms with Gasteiger partial charge in [0.1, 0.15) is 18.6 Å². The van der Waals surface area contributed by atoms with E-state index in [1.807, 2.05) is 0 Å². The lowest BCUT2D eigenvalue weighted by atomic mass is 10.0. The Morgan fingerprint density at radius 2 is 1.90 bits per heavy atom. The molecule has 1 fully saturated rings. The largest absolute Gasteiger partial charge is 0.370 e. The fourth-order valence-corrected chi connectivity index (χ4v) is 4.65. The van der Waals surface area contributed by atoms with Gasteiger partial charge in [0.25, 0.3) is 0 Å². The van der Waals surface area contributed by atoms with Crippen molar-refractivity contribution in [3.8, 4) is 0 Å². The zero-order chi connectivity index (χ0) is 15.5. The molecule has 1 aromatic rings. The third-order valence-corrected chi connectivity index (χ3v) is 6.30. The van der Waals surface area contributed by atoms with Gasteiger partial charge >= 0.3 is 0 Å². The average Bonchev–Trinajstić information content (AvgIpc) is 2.47. The van der Waals surface area contributed by atoms with E-state index >= 15 is 0 Å². The molecule has 118 valence electrons. The molecule has 7 heteroatoms. The van der Waals surface area contributed by atoms with Crippen LogP contribution in [0, 0.1) is 0 Å². The van der Waals surface area contributed by atoms with E-state index in [-0.39, 0.29) is 10.4 Å². The molecule has 2 N–H and O–H groups in total. The summed E-state index contributed by atoms with van der Waals surface area (Å²) in [5, 5.41) is 0.